The van der Waals surface area contributed by atoms with Crippen LogP contribution in [0.1, 0.15) is 42.9 Å². The molecular formula is C10H16ClN3O2. The summed E-state index contributed by atoms with van der Waals surface area (Å²) in [6.07, 6.45) is 2.03. The van der Waals surface area contributed by atoms with Crippen LogP contribution < -0.4 is 0 Å². The Kier molecular flexibility index (Phi) is 5.25. The number of esters is 1. The highest BCUT2D eigenvalue weighted by atomic mass is 35.5. The maximum Gasteiger partial charge on any atom is 0.360 e. The molecule has 1 aromatic heterocycles. The van der Waals surface area contributed by atoms with Crippen molar-refractivity contribution in [3.05, 3.63) is 11.4 Å². The molecule has 1 heterocycles. The van der Waals surface area contributed by atoms with Crippen molar-refractivity contribution < 1.29 is 9.53 Å². The second-order valence-corrected chi connectivity index (χ2v) is 3.58. The van der Waals surface area contributed by atoms with E-state index in [0.717, 1.165) is 19.4 Å². The van der Waals surface area contributed by atoms with E-state index in [2.05, 4.69) is 17.2 Å². The van der Waals surface area contributed by atoms with E-state index in [1.165, 1.54) is 0 Å². The van der Waals surface area contributed by atoms with Gasteiger partial charge in [-0.2, -0.15) is 0 Å². The number of alkyl halides is 1. The highest BCUT2D eigenvalue weighted by Crippen LogP contribution is 2.11. The zero-order valence-corrected chi connectivity index (χ0v) is 10.3. The van der Waals surface area contributed by atoms with Gasteiger partial charge in [0.1, 0.15) is 0 Å². The summed E-state index contributed by atoms with van der Waals surface area (Å²) in [5.41, 5.74) is 0.863. The van der Waals surface area contributed by atoms with E-state index < -0.39 is 5.97 Å². The van der Waals surface area contributed by atoms with Crippen LogP contribution in [0.2, 0.25) is 0 Å². The number of hydrogen-bond acceptors (Lipinski definition) is 4. The monoisotopic (exact) mass is 245 g/mol. The molecule has 1 aromatic rings. The van der Waals surface area contributed by atoms with Crippen molar-refractivity contribution in [1.29, 1.82) is 0 Å². The summed E-state index contributed by atoms with van der Waals surface area (Å²) in [5, 5.41) is 7.72. The first-order valence-corrected chi connectivity index (χ1v) is 5.93. The summed E-state index contributed by atoms with van der Waals surface area (Å²) in [7, 11) is 0. The van der Waals surface area contributed by atoms with E-state index in [-0.39, 0.29) is 11.6 Å². The third kappa shape index (κ3) is 2.95. The average molecular weight is 246 g/mol. The summed E-state index contributed by atoms with van der Waals surface area (Å²) in [4.78, 5) is 11.5. The second kappa shape index (κ2) is 6.48. The summed E-state index contributed by atoms with van der Waals surface area (Å²) in [6, 6.07) is 0. The molecule has 5 nitrogen and oxygen atoms in total. The lowest BCUT2D eigenvalue weighted by Crippen LogP contribution is -2.10. The lowest BCUT2D eigenvalue weighted by atomic mass is 10.3. The van der Waals surface area contributed by atoms with E-state index in [9.17, 15) is 4.79 Å². The molecule has 0 radical (unpaired) electrons. The van der Waals surface area contributed by atoms with Gasteiger partial charge in [0, 0.05) is 6.54 Å². The molecule has 0 aromatic carbocycles. The van der Waals surface area contributed by atoms with E-state index in [4.69, 9.17) is 16.3 Å². The number of nitrogens with zero attached hydrogens (tertiary/aromatic N) is 3. The van der Waals surface area contributed by atoms with Crippen LogP contribution in [0.25, 0.3) is 0 Å². The fourth-order valence-corrected chi connectivity index (χ4v) is 1.58. The molecule has 0 aliphatic rings. The van der Waals surface area contributed by atoms with Crippen LogP contribution in [0.4, 0.5) is 0 Å². The van der Waals surface area contributed by atoms with E-state index in [1.54, 1.807) is 11.6 Å². The number of hydrogen-bond donors (Lipinski definition) is 0. The van der Waals surface area contributed by atoms with Crippen molar-refractivity contribution in [2.24, 2.45) is 0 Å². The van der Waals surface area contributed by atoms with Crippen molar-refractivity contribution in [2.75, 3.05) is 6.61 Å². The topological polar surface area (TPSA) is 57.0 Å². The van der Waals surface area contributed by atoms with Crippen LogP contribution in [0.15, 0.2) is 0 Å². The molecule has 0 saturated carbocycles. The zero-order chi connectivity index (χ0) is 12.0. The number of ether oxygens (including phenoxy) is 1. The van der Waals surface area contributed by atoms with Crippen molar-refractivity contribution in [2.45, 2.75) is 39.1 Å². The number of carbonyl (C=O) groups excluding carboxylic acids is 1. The quantitative estimate of drug-likeness (QED) is 0.568. The third-order valence-corrected chi connectivity index (χ3v) is 2.41. The van der Waals surface area contributed by atoms with Crippen LogP contribution in [-0.4, -0.2) is 27.6 Å². The minimum Gasteiger partial charge on any atom is -0.461 e. The number of aryl methyl sites for hydroxylation is 1. The maximum atomic E-state index is 11.5. The molecule has 90 valence electrons. The summed E-state index contributed by atoms with van der Waals surface area (Å²) in [5.74, 6) is -0.244. The molecule has 16 heavy (non-hydrogen) atoms. The lowest BCUT2D eigenvalue weighted by molar-refractivity contribution is 0.0518. The Balaban J connectivity index is 2.85. The lowest BCUT2D eigenvalue weighted by Gasteiger charge is -2.03. The van der Waals surface area contributed by atoms with Gasteiger partial charge in [0.15, 0.2) is 5.69 Å². The van der Waals surface area contributed by atoms with Gasteiger partial charge in [0.25, 0.3) is 0 Å². The van der Waals surface area contributed by atoms with Crippen LogP contribution in [0.3, 0.4) is 0 Å². The van der Waals surface area contributed by atoms with Crippen LogP contribution in [0.5, 0.6) is 0 Å². The second-order valence-electron chi connectivity index (χ2n) is 3.32. The van der Waals surface area contributed by atoms with Crippen molar-refractivity contribution in [3.8, 4) is 0 Å². The Hall–Kier alpha value is -1.10. The maximum absolute atomic E-state index is 11.5. The van der Waals surface area contributed by atoms with Gasteiger partial charge < -0.3 is 4.74 Å². The van der Waals surface area contributed by atoms with Gasteiger partial charge in [0.2, 0.25) is 0 Å². The van der Waals surface area contributed by atoms with Crippen LogP contribution in [0, 0.1) is 0 Å². The van der Waals surface area contributed by atoms with Gasteiger partial charge >= 0.3 is 5.97 Å². The number of rotatable bonds is 6. The van der Waals surface area contributed by atoms with Crippen LogP contribution >= 0.6 is 11.6 Å². The molecule has 6 heteroatoms. The Labute approximate surface area is 99.7 Å². The first-order valence-electron chi connectivity index (χ1n) is 5.40. The molecule has 0 aliphatic carbocycles. The van der Waals surface area contributed by atoms with E-state index >= 15 is 0 Å². The fourth-order valence-electron chi connectivity index (χ4n) is 1.31. The average Bonchev–Trinajstić information content (AvgIpc) is 2.69. The summed E-state index contributed by atoms with van der Waals surface area (Å²) in [6.45, 7) is 4.89. The van der Waals surface area contributed by atoms with Crippen molar-refractivity contribution >= 4 is 17.6 Å². The minimum absolute atomic E-state index is 0.213. The van der Waals surface area contributed by atoms with E-state index in [1.807, 2.05) is 0 Å². The normalized spacial score (nSPS) is 10.4. The first kappa shape index (κ1) is 13.0. The fraction of sp³-hybridized carbons (Fsp3) is 0.700. The molecule has 0 amide bonds. The molecule has 0 bridgehead atoms. The number of aromatic nitrogens is 3. The SMILES string of the molecule is CCCCn1nnc(C(=O)OCC)c1CCl. The van der Waals surface area contributed by atoms with Gasteiger partial charge in [0.05, 0.1) is 18.2 Å². The highest BCUT2D eigenvalue weighted by Gasteiger charge is 2.19. The van der Waals surface area contributed by atoms with Gasteiger partial charge in [-0.3, -0.25) is 0 Å². The number of unbranched alkanes of at least 4 members (excludes halogenated alkanes) is 1. The minimum atomic E-state index is -0.458. The van der Waals surface area contributed by atoms with Gasteiger partial charge in [-0.1, -0.05) is 18.6 Å². The van der Waals surface area contributed by atoms with E-state index in [0.29, 0.717) is 12.3 Å². The Morgan fingerprint density at radius 2 is 2.25 bits per heavy atom. The molecule has 0 unspecified atom stereocenters. The molecule has 0 fully saturated rings. The molecular weight excluding hydrogens is 230 g/mol. The molecule has 0 atom stereocenters. The van der Waals surface area contributed by atoms with Gasteiger partial charge in [-0.25, -0.2) is 9.48 Å². The standard InChI is InChI=1S/C10H16ClN3O2/c1-3-5-6-14-8(7-11)9(12-13-14)10(15)16-4-2/h3-7H2,1-2H3. The van der Waals surface area contributed by atoms with Gasteiger partial charge in [-0.05, 0) is 13.3 Å². The van der Waals surface area contributed by atoms with Crippen LogP contribution in [-0.2, 0) is 17.2 Å². The third-order valence-electron chi connectivity index (χ3n) is 2.16. The molecule has 0 spiro atoms. The number of carbonyl (C=O) groups is 1. The predicted octanol–water partition coefficient (Wildman–Crippen LogP) is 1.99. The summed E-state index contributed by atoms with van der Waals surface area (Å²) < 4.78 is 6.54. The Bertz CT molecular complexity index is 352. The Morgan fingerprint density at radius 1 is 1.50 bits per heavy atom. The highest BCUT2D eigenvalue weighted by molar-refractivity contribution is 6.17. The first-order chi connectivity index (χ1) is 7.74. The smallest absolute Gasteiger partial charge is 0.360 e. The molecule has 0 N–H and O–H groups in total. The number of halogens is 1. The van der Waals surface area contributed by atoms with Crippen molar-refractivity contribution in [3.63, 3.8) is 0 Å². The van der Waals surface area contributed by atoms with Gasteiger partial charge in [-0.15, -0.1) is 16.7 Å². The molecule has 0 saturated heterocycles. The van der Waals surface area contributed by atoms with Crippen molar-refractivity contribution in [1.82, 2.24) is 15.0 Å². The Morgan fingerprint density at radius 3 is 2.81 bits per heavy atom. The largest absolute Gasteiger partial charge is 0.461 e. The molecule has 0 aliphatic heterocycles. The predicted molar refractivity (Wildman–Crippen MR) is 60.4 cm³/mol. The molecule has 1 rings (SSSR count). The summed E-state index contributed by atoms with van der Waals surface area (Å²) >= 11 is 5.79. The zero-order valence-electron chi connectivity index (χ0n) is 9.57.